The molecule has 70 valence electrons. The number of rotatable bonds is 2. The molecule has 1 aliphatic carbocycles. The number of carbonyl (C=O) groups excluding carboxylic acids is 1. The van der Waals surface area contributed by atoms with Crippen molar-refractivity contribution < 1.29 is 4.79 Å². The number of aldehydes is 1. The van der Waals surface area contributed by atoms with E-state index in [0.29, 0.717) is 11.7 Å². The Balaban J connectivity index is 2.24. The standard InChI is InChI=1S/C9H13N3O/c1-12-8(6-13)10-9(11-12)7-4-2-3-5-7/h6-7H,2-5H2,1H3. The number of hydrogen-bond acceptors (Lipinski definition) is 3. The molecule has 0 aliphatic heterocycles. The fraction of sp³-hybridized carbons (Fsp3) is 0.667. The van der Waals surface area contributed by atoms with E-state index in [2.05, 4.69) is 10.1 Å². The monoisotopic (exact) mass is 179 g/mol. The molecule has 0 amide bonds. The van der Waals surface area contributed by atoms with Gasteiger partial charge in [0.25, 0.3) is 0 Å². The SMILES string of the molecule is Cn1nc(C2CCCC2)nc1C=O. The van der Waals surface area contributed by atoms with Gasteiger partial charge in [0.15, 0.2) is 17.9 Å². The Morgan fingerprint density at radius 1 is 1.46 bits per heavy atom. The van der Waals surface area contributed by atoms with Gasteiger partial charge in [-0.3, -0.25) is 4.79 Å². The highest BCUT2D eigenvalue weighted by Gasteiger charge is 2.21. The summed E-state index contributed by atoms with van der Waals surface area (Å²) in [6.45, 7) is 0. The van der Waals surface area contributed by atoms with E-state index in [1.807, 2.05) is 0 Å². The first-order valence-corrected chi connectivity index (χ1v) is 4.67. The molecule has 4 heteroatoms. The minimum absolute atomic E-state index is 0.432. The molecule has 0 radical (unpaired) electrons. The van der Waals surface area contributed by atoms with E-state index in [0.717, 1.165) is 12.1 Å². The molecule has 0 unspecified atom stereocenters. The second kappa shape index (κ2) is 3.28. The highest BCUT2D eigenvalue weighted by Crippen LogP contribution is 2.31. The number of carbonyl (C=O) groups is 1. The summed E-state index contributed by atoms with van der Waals surface area (Å²) in [5, 5.41) is 4.24. The van der Waals surface area contributed by atoms with Crippen molar-refractivity contribution >= 4 is 6.29 Å². The van der Waals surface area contributed by atoms with E-state index < -0.39 is 0 Å². The molecule has 1 heterocycles. The Hall–Kier alpha value is -1.19. The fourth-order valence-corrected chi connectivity index (χ4v) is 1.88. The fourth-order valence-electron chi connectivity index (χ4n) is 1.88. The van der Waals surface area contributed by atoms with Crippen molar-refractivity contribution in [3.63, 3.8) is 0 Å². The van der Waals surface area contributed by atoms with E-state index >= 15 is 0 Å². The van der Waals surface area contributed by atoms with Crippen molar-refractivity contribution in [3.05, 3.63) is 11.6 Å². The maximum absolute atomic E-state index is 10.5. The van der Waals surface area contributed by atoms with Crippen LogP contribution < -0.4 is 0 Å². The van der Waals surface area contributed by atoms with Crippen LogP contribution in [0.1, 0.15) is 48.0 Å². The lowest BCUT2D eigenvalue weighted by Gasteiger charge is -2.00. The zero-order valence-corrected chi connectivity index (χ0v) is 7.73. The molecule has 1 fully saturated rings. The van der Waals surface area contributed by atoms with Crippen molar-refractivity contribution in [1.82, 2.24) is 14.8 Å². The van der Waals surface area contributed by atoms with Crippen LogP contribution in [0, 0.1) is 0 Å². The van der Waals surface area contributed by atoms with E-state index in [-0.39, 0.29) is 0 Å². The average molecular weight is 179 g/mol. The second-order valence-corrected chi connectivity index (χ2v) is 3.55. The average Bonchev–Trinajstić information content (AvgIpc) is 2.71. The van der Waals surface area contributed by atoms with Crippen LogP contribution in [0.4, 0.5) is 0 Å². The summed E-state index contributed by atoms with van der Waals surface area (Å²) in [7, 11) is 1.76. The van der Waals surface area contributed by atoms with Crippen molar-refractivity contribution in [2.75, 3.05) is 0 Å². The number of aryl methyl sites for hydroxylation is 1. The largest absolute Gasteiger partial charge is 0.294 e. The quantitative estimate of drug-likeness (QED) is 0.642. The molecule has 1 aliphatic rings. The zero-order valence-electron chi connectivity index (χ0n) is 7.73. The Labute approximate surface area is 77.0 Å². The molecule has 0 N–H and O–H groups in total. The Morgan fingerprint density at radius 2 is 2.15 bits per heavy atom. The minimum Gasteiger partial charge on any atom is -0.294 e. The minimum atomic E-state index is 0.432. The lowest BCUT2D eigenvalue weighted by atomic mass is 10.1. The van der Waals surface area contributed by atoms with Crippen molar-refractivity contribution in [2.24, 2.45) is 7.05 Å². The summed E-state index contributed by atoms with van der Waals surface area (Å²) >= 11 is 0. The molecule has 0 saturated heterocycles. The third-order valence-electron chi connectivity index (χ3n) is 2.64. The second-order valence-electron chi connectivity index (χ2n) is 3.55. The smallest absolute Gasteiger partial charge is 0.191 e. The first-order valence-electron chi connectivity index (χ1n) is 4.67. The third kappa shape index (κ3) is 1.48. The third-order valence-corrected chi connectivity index (χ3v) is 2.64. The van der Waals surface area contributed by atoms with E-state index in [4.69, 9.17) is 0 Å². The van der Waals surface area contributed by atoms with Gasteiger partial charge in [-0.2, -0.15) is 5.10 Å². The van der Waals surface area contributed by atoms with Crippen LogP contribution >= 0.6 is 0 Å². The molecule has 1 aromatic rings. The normalized spacial score (nSPS) is 17.9. The van der Waals surface area contributed by atoms with Gasteiger partial charge in [-0.15, -0.1) is 0 Å². The highest BCUT2D eigenvalue weighted by atomic mass is 16.1. The molecule has 0 aromatic carbocycles. The van der Waals surface area contributed by atoms with Crippen LogP contribution in [-0.2, 0) is 7.05 Å². The van der Waals surface area contributed by atoms with Crippen LogP contribution in [-0.4, -0.2) is 21.1 Å². The Kier molecular flexibility index (Phi) is 2.12. The van der Waals surface area contributed by atoms with Crippen molar-refractivity contribution in [2.45, 2.75) is 31.6 Å². The van der Waals surface area contributed by atoms with Gasteiger partial charge in [0.2, 0.25) is 0 Å². The molecule has 13 heavy (non-hydrogen) atoms. The Morgan fingerprint density at radius 3 is 2.69 bits per heavy atom. The molecule has 0 atom stereocenters. The van der Waals surface area contributed by atoms with Crippen LogP contribution in [0.2, 0.25) is 0 Å². The molecule has 1 saturated carbocycles. The molecule has 0 spiro atoms. The van der Waals surface area contributed by atoms with Crippen LogP contribution in [0.25, 0.3) is 0 Å². The highest BCUT2D eigenvalue weighted by molar-refractivity contribution is 5.68. The number of hydrogen-bond donors (Lipinski definition) is 0. The van der Waals surface area contributed by atoms with Gasteiger partial charge < -0.3 is 0 Å². The molecule has 2 rings (SSSR count). The van der Waals surface area contributed by atoms with Crippen LogP contribution in [0.15, 0.2) is 0 Å². The summed E-state index contributed by atoms with van der Waals surface area (Å²) in [6.07, 6.45) is 5.62. The first kappa shape index (κ1) is 8.41. The molecule has 0 bridgehead atoms. The number of aromatic nitrogens is 3. The molecular formula is C9H13N3O. The summed E-state index contributed by atoms with van der Waals surface area (Å²) in [5.41, 5.74) is 0. The van der Waals surface area contributed by atoms with E-state index in [1.165, 1.54) is 25.7 Å². The Bertz CT molecular complexity index is 313. The van der Waals surface area contributed by atoms with Crippen molar-refractivity contribution in [3.8, 4) is 0 Å². The van der Waals surface area contributed by atoms with Crippen LogP contribution in [0.3, 0.4) is 0 Å². The first-order chi connectivity index (χ1) is 6.31. The van der Waals surface area contributed by atoms with Gasteiger partial charge in [0.1, 0.15) is 0 Å². The van der Waals surface area contributed by atoms with E-state index in [9.17, 15) is 4.79 Å². The van der Waals surface area contributed by atoms with Crippen molar-refractivity contribution in [1.29, 1.82) is 0 Å². The van der Waals surface area contributed by atoms with Gasteiger partial charge in [-0.1, -0.05) is 12.8 Å². The van der Waals surface area contributed by atoms with E-state index in [1.54, 1.807) is 11.7 Å². The summed E-state index contributed by atoms with van der Waals surface area (Å²) in [4.78, 5) is 14.7. The maximum Gasteiger partial charge on any atom is 0.191 e. The molecule has 1 aromatic heterocycles. The van der Waals surface area contributed by atoms with Gasteiger partial charge >= 0.3 is 0 Å². The van der Waals surface area contributed by atoms with Gasteiger partial charge in [-0.05, 0) is 12.8 Å². The van der Waals surface area contributed by atoms with Gasteiger partial charge in [-0.25, -0.2) is 9.67 Å². The number of nitrogens with zero attached hydrogens (tertiary/aromatic N) is 3. The zero-order chi connectivity index (χ0) is 9.26. The van der Waals surface area contributed by atoms with Gasteiger partial charge in [0.05, 0.1) is 0 Å². The predicted molar refractivity (Wildman–Crippen MR) is 47.6 cm³/mol. The maximum atomic E-state index is 10.5. The molecular weight excluding hydrogens is 166 g/mol. The van der Waals surface area contributed by atoms with Crippen LogP contribution in [0.5, 0.6) is 0 Å². The van der Waals surface area contributed by atoms with Gasteiger partial charge in [0, 0.05) is 13.0 Å². The topological polar surface area (TPSA) is 47.8 Å². The predicted octanol–water partition coefficient (Wildman–Crippen LogP) is 1.29. The summed E-state index contributed by atoms with van der Waals surface area (Å²) in [6, 6.07) is 0. The lowest BCUT2D eigenvalue weighted by Crippen LogP contribution is -1.98. The lowest BCUT2D eigenvalue weighted by molar-refractivity contribution is 0.111. The molecule has 4 nitrogen and oxygen atoms in total. The summed E-state index contributed by atoms with van der Waals surface area (Å²) < 4.78 is 1.56. The summed E-state index contributed by atoms with van der Waals surface area (Å²) in [5.74, 6) is 1.77.